The topological polar surface area (TPSA) is 108 Å². The zero-order chi connectivity index (χ0) is 14.3. The molecule has 0 aliphatic carbocycles. The molecule has 0 saturated carbocycles. The van der Waals surface area contributed by atoms with Gasteiger partial charge >= 0.3 is 12.0 Å². The van der Waals surface area contributed by atoms with Gasteiger partial charge in [-0.15, -0.1) is 0 Å². The predicted octanol–water partition coefficient (Wildman–Crippen LogP) is -0.992. The second-order valence-corrected chi connectivity index (χ2v) is 4.23. The van der Waals surface area contributed by atoms with Crippen molar-refractivity contribution in [2.45, 2.75) is 19.4 Å². The lowest BCUT2D eigenvalue weighted by atomic mass is 10.1. The summed E-state index contributed by atoms with van der Waals surface area (Å²) in [6.07, 6.45) is -0.140. The number of nitrogens with zero attached hydrogens (tertiary/aromatic N) is 1. The van der Waals surface area contributed by atoms with Gasteiger partial charge in [0.05, 0.1) is 25.7 Å². The highest BCUT2D eigenvalue weighted by molar-refractivity contribution is 5.76. The van der Waals surface area contributed by atoms with E-state index in [0.717, 1.165) is 0 Å². The van der Waals surface area contributed by atoms with E-state index in [2.05, 4.69) is 10.6 Å². The zero-order valence-electron chi connectivity index (χ0n) is 10.8. The predicted molar refractivity (Wildman–Crippen MR) is 65.6 cm³/mol. The highest BCUT2D eigenvalue weighted by atomic mass is 16.5. The molecule has 0 aromatic carbocycles. The van der Waals surface area contributed by atoms with E-state index in [4.69, 9.17) is 9.84 Å². The fourth-order valence-electron chi connectivity index (χ4n) is 1.80. The van der Waals surface area contributed by atoms with Crippen molar-refractivity contribution in [2.75, 3.05) is 32.8 Å². The number of morpholine rings is 1. The van der Waals surface area contributed by atoms with Crippen LogP contribution in [0.1, 0.15) is 13.3 Å². The molecular weight excluding hydrogens is 254 g/mol. The van der Waals surface area contributed by atoms with Gasteiger partial charge < -0.3 is 25.4 Å². The summed E-state index contributed by atoms with van der Waals surface area (Å²) in [6.45, 7) is 3.03. The van der Waals surface area contributed by atoms with E-state index >= 15 is 0 Å². The number of carboxylic acid groups (broad SMARTS) is 1. The van der Waals surface area contributed by atoms with Crippen LogP contribution in [-0.4, -0.2) is 66.8 Å². The number of hydrogen-bond acceptors (Lipinski definition) is 4. The summed E-state index contributed by atoms with van der Waals surface area (Å²) in [5.74, 6) is -1.13. The van der Waals surface area contributed by atoms with Crippen molar-refractivity contribution in [2.24, 2.45) is 0 Å². The van der Waals surface area contributed by atoms with Gasteiger partial charge in [0, 0.05) is 26.6 Å². The van der Waals surface area contributed by atoms with Crippen LogP contribution in [-0.2, 0) is 14.3 Å². The lowest BCUT2D eigenvalue weighted by Crippen LogP contribution is -2.53. The van der Waals surface area contributed by atoms with Crippen molar-refractivity contribution < 1.29 is 24.2 Å². The first-order chi connectivity index (χ1) is 9.00. The number of aliphatic carboxylic acids is 1. The van der Waals surface area contributed by atoms with E-state index in [1.165, 1.54) is 11.8 Å². The third-order valence-corrected chi connectivity index (χ3v) is 2.67. The van der Waals surface area contributed by atoms with Crippen LogP contribution in [0.5, 0.6) is 0 Å². The number of rotatable bonds is 5. The van der Waals surface area contributed by atoms with Crippen molar-refractivity contribution >= 4 is 17.9 Å². The molecule has 1 fully saturated rings. The Morgan fingerprint density at radius 2 is 2.00 bits per heavy atom. The molecule has 1 aliphatic rings. The molecule has 1 rings (SSSR count). The lowest BCUT2D eigenvalue weighted by Gasteiger charge is -2.34. The van der Waals surface area contributed by atoms with Gasteiger partial charge in [-0.25, -0.2) is 4.79 Å². The Morgan fingerprint density at radius 1 is 1.32 bits per heavy atom. The summed E-state index contributed by atoms with van der Waals surface area (Å²) in [6, 6.07) is -0.785. The van der Waals surface area contributed by atoms with Gasteiger partial charge in [0.1, 0.15) is 0 Å². The number of ether oxygens (including phenoxy) is 1. The van der Waals surface area contributed by atoms with Crippen LogP contribution in [0, 0.1) is 0 Å². The molecule has 0 spiro atoms. The molecule has 108 valence electrons. The molecule has 3 amide bonds. The fourth-order valence-corrected chi connectivity index (χ4v) is 1.80. The third-order valence-electron chi connectivity index (χ3n) is 2.67. The minimum absolute atomic E-state index is 0.140. The highest BCUT2D eigenvalue weighted by Crippen LogP contribution is 2.10. The van der Waals surface area contributed by atoms with E-state index < -0.39 is 12.0 Å². The monoisotopic (exact) mass is 273 g/mol. The number of amides is 3. The quantitative estimate of drug-likeness (QED) is 0.557. The number of carboxylic acids is 1. The molecule has 1 aliphatic heterocycles. The fraction of sp³-hybridized carbons (Fsp3) is 0.727. The van der Waals surface area contributed by atoms with Gasteiger partial charge in [-0.3, -0.25) is 9.59 Å². The van der Waals surface area contributed by atoms with Crippen LogP contribution >= 0.6 is 0 Å². The smallest absolute Gasteiger partial charge is 0.317 e. The maximum Gasteiger partial charge on any atom is 0.317 e. The molecule has 0 radical (unpaired) electrons. The highest BCUT2D eigenvalue weighted by Gasteiger charge is 2.28. The van der Waals surface area contributed by atoms with E-state index in [0.29, 0.717) is 26.2 Å². The molecule has 0 aromatic rings. The molecule has 1 unspecified atom stereocenters. The molecule has 1 atom stereocenters. The van der Waals surface area contributed by atoms with E-state index in [-0.39, 0.29) is 25.0 Å². The standard InChI is InChI=1S/C11H19N3O5/c1-8(15)12-2-3-13-11(18)14-4-5-19-7-9(14)6-10(16)17/h9H,2-7H2,1H3,(H,12,15)(H,13,18)(H,16,17). The van der Waals surface area contributed by atoms with Crippen LogP contribution < -0.4 is 10.6 Å². The van der Waals surface area contributed by atoms with Crippen molar-refractivity contribution in [3.05, 3.63) is 0 Å². The molecule has 8 nitrogen and oxygen atoms in total. The Kier molecular flexibility index (Phi) is 6.07. The average Bonchev–Trinajstić information content (AvgIpc) is 2.34. The molecule has 1 saturated heterocycles. The summed E-state index contributed by atoms with van der Waals surface area (Å²) in [7, 11) is 0. The van der Waals surface area contributed by atoms with Crippen LogP contribution in [0.4, 0.5) is 4.79 Å². The average molecular weight is 273 g/mol. The number of carbonyl (C=O) groups is 3. The van der Waals surface area contributed by atoms with Gasteiger partial charge in [-0.1, -0.05) is 0 Å². The van der Waals surface area contributed by atoms with E-state index in [1.54, 1.807) is 0 Å². The second kappa shape index (κ2) is 7.57. The Morgan fingerprint density at radius 3 is 2.63 bits per heavy atom. The largest absolute Gasteiger partial charge is 0.481 e. The number of nitrogens with one attached hydrogen (secondary N) is 2. The van der Waals surface area contributed by atoms with Crippen molar-refractivity contribution in [3.63, 3.8) is 0 Å². The first-order valence-corrected chi connectivity index (χ1v) is 6.09. The maximum absolute atomic E-state index is 11.9. The van der Waals surface area contributed by atoms with Gasteiger partial charge in [0.15, 0.2) is 0 Å². The maximum atomic E-state index is 11.9. The summed E-state index contributed by atoms with van der Waals surface area (Å²) in [5, 5.41) is 14.0. The molecular formula is C11H19N3O5. The molecule has 1 heterocycles. The van der Waals surface area contributed by atoms with E-state index in [1.807, 2.05) is 0 Å². The van der Waals surface area contributed by atoms with Crippen LogP contribution in [0.2, 0.25) is 0 Å². The van der Waals surface area contributed by atoms with Gasteiger partial charge in [-0.2, -0.15) is 0 Å². The molecule has 3 N–H and O–H groups in total. The molecule has 0 aromatic heterocycles. The summed E-state index contributed by atoms with van der Waals surface area (Å²) in [4.78, 5) is 34.7. The van der Waals surface area contributed by atoms with Crippen LogP contribution in [0.15, 0.2) is 0 Å². The van der Waals surface area contributed by atoms with Gasteiger partial charge in [-0.05, 0) is 0 Å². The number of hydrogen-bond donors (Lipinski definition) is 3. The Hall–Kier alpha value is -1.83. The SMILES string of the molecule is CC(=O)NCCNC(=O)N1CCOCC1CC(=O)O. The normalized spacial score (nSPS) is 18.8. The minimum Gasteiger partial charge on any atom is -0.481 e. The first kappa shape index (κ1) is 15.2. The van der Waals surface area contributed by atoms with Crippen molar-refractivity contribution in [1.82, 2.24) is 15.5 Å². The Bertz CT molecular complexity index is 347. The van der Waals surface area contributed by atoms with Crippen LogP contribution in [0.3, 0.4) is 0 Å². The minimum atomic E-state index is -0.966. The summed E-state index contributed by atoms with van der Waals surface area (Å²) in [5.41, 5.74) is 0. The third kappa shape index (κ3) is 5.56. The number of urea groups is 1. The van der Waals surface area contributed by atoms with Gasteiger partial charge in [0.2, 0.25) is 5.91 Å². The summed E-state index contributed by atoms with van der Waals surface area (Å²) >= 11 is 0. The first-order valence-electron chi connectivity index (χ1n) is 6.09. The van der Waals surface area contributed by atoms with Crippen molar-refractivity contribution in [1.29, 1.82) is 0 Å². The Labute approximate surface area is 111 Å². The lowest BCUT2D eigenvalue weighted by molar-refractivity contribution is -0.139. The number of carbonyl (C=O) groups excluding carboxylic acids is 2. The zero-order valence-corrected chi connectivity index (χ0v) is 10.8. The van der Waals surface area contributed by atoms with Crippen LogP contribution in [0.25, 0.3) is 0 Å². The molecule has 19 heavy (non-hydrogen) atoms. The van der Waals surface area contributed by atoms with Crippen molar-refractivity contribution in [3.8, 4) is 0 Å². The molecule has 0 bridgehead atoms. The molecule has 8 heteroatoms. The summed E-state index contributed by atoms with van der Waals surface area (Å²) < 4.78 is 5.18. The Balaban J connectivity index is 2.38. The van der Waals surface area contributed by atoms with Gasteiger partial charge in [0.25, 0.3) is 0 Å². The van der Waals surface area contributed by atoms with E-state index in [9.17, 15) is 14.4 Å². The second-order valence-electron chi connectivity index (χ2n) is 4.23.